The molecule has 4 heteroatoms. The van der Waals surface area contributed by atoms with Gasteiger partial charge in [0.1, 0.15) is 6.29 Å². The van der Waals surface area contributed by atoms with Gasteiger partial charge < -0.3 is 14.8 Å². The number of hydrogen-bond donors (Lipinski definition) is 2. The third-order valence-corrected chi connectivity index (χ3v) is 1.92. The van der Waals surface area contributed by atoms with Gasteiger partial charge in [-0.3, -0.25) is 0 Å². The van der Waals surface area contributed by atoms with Gasteiger partial charge in [-0.25, -0.2) is 4.79 Å². The van der Waals surface area contributed by atoms with Gasteiger partial charge in [-0.1, -0.05) is 6.42 Å². The number of carbonyl (C=O) groups excluding carboxylic acids is 1. The molecule has 13 heavy (non-hydrogen) atoms. The molecule has 0 saturated heterocycles. The fraction of sp³-hybridized carbons (Fsp3) is 0.556. The van der Waals surface area contributed by atoms with E-state index in [4.69, 9.17) is 0 Å². The van der Waals surface area contributed by atoms with Gasteiger partial charge in [0.25, 0.3) is 0 Å². The van der Waals surface area contributed by atoms with Gasteiger partial charge in [-0.2, -0.15) is 0 Å². The molecule has 0 radical (unpaired) electrons. The Morgan fingerprint density at radius 2 is 2.15 bits per heavy atom. The highest BCUT2D eigenvalue weighted by molar-refractivity contribution is 5.48. The molecule has 0 aliphatic rings. The van der Waals surface area contributed by atoms with Crippen molar-refractivity contribution >= 4 is 6.29 Å². The zero-order valence-corrected chi connectivity index (χ0v) is 7.51. The third kappa shape index (κ3) is 3.73. The number of aryl methyl sites for hydroxylation is 1. The van der Waals surface area contributed by atoms with Crippen LogP contribution in [0.25, 0.3) is 0 Å². The zero-order chi connectivity index (χ0) is 9.52. The molecule has 4 nitrogen and oxygen atoms in total. The Balaban J connectivity index is 2.13. The van der Waals surface area contributed by atoms with E-state index in [9.17, 15) is 9.59 Å². The van der Waals surface area contributed by atoms with E-state index < -0.39 is 0 Å². The van der Waals surface area contributed by atoms with E-state index in [1.165, 1.54) is 0 Å². The van der Waals surface area contributed by atoms with Crippen molar-refractivity contribution < 1.29 is 4.79 Å². The number of nitrogens with one attached hydrogen (secondary N) is 2. The quantitative estimate of drug-likeness (QED) is 0.509. The summed E-state index contributed by atoms with van der Waals surface area (Å²) >= 11 is 0. The molecule has 1 heterocycles. The SMILES string of the molecule is O=CCCCCCc1c[nH]c(=O)[nH]1. The predicted molar refractivity (Wildman–Crippen MR) is 49.6 cm³/mol. The third-order valence-electron chi connectivity index (χ3n) is 1.92. The van der Waals surface area contributed by atoms with Crippen LogP contribution in [-0.4, -0.2) is 16.3 Å². The lowest BCUT2D eigenvalue weighted by Crippen LogP contribution is -2.01. The van der Waals surface area contributed by atoms with E-state index in [0.717, 1.165) is 37.7 Å². The summed E-state index contributed by atoms with van der Waals surface area (Å²) in [5.74, 6) is 0. The minimum Gasteiger partial charge on any atom is -0.313 e. The topological polar surface area (TPSA) is 65.7 Å². The van der Waals surface area contributed by atoms with Crippen molar-refractivity contribution in [3.63, 3.8) is 0 Å². The van der Waals surface area contributed by atoms with Crippen LogP contribution in [0.4, 0.5) is 0 Å². The van der Waals surface area contributed by atoms with Crippen LogP contribution in [0.3, 0.4) is 0 Å². The van der Waals surface area contributed by atoms with E-state index in [-0.39, 0.29) is 5.69 Å². The van der Waals surface area contributed by atoms with Crippen molar-refractivity contribution in [1.82, 2.24) is 9.97 Å². The fourth-order valence-corrected chi connectivity index (χ4v) is 1.23. The standard InChI is InChI=1S/C9H14N2O2/c12-6-4-2-1-3-5-8-7-10-9(13)11-8/h6-7H,1-5H2,(H2,10,11,13). The molecule has 2 N–H and O–H groups in total. The number of rotatable bonds is 6. The minimum atomic E-state index is -0.150. The van der Waals surface area contributed by atoms with Gasteiger partial charge in [0.05, 0.1) is 0 Å². The van der Waals surface area contributed by atoms with E-state index >= 15 is 0 Å². The van der Waals surface area contributed by atoms with Gasteiger partial charge in [0.2, 0.25) is 0 Å². The summed E-state index contributed by atoms with van der Waals surface area (Å²) in [6.07, 6.45) is 7.15. The Bertz CT molecular complexity index is 301. The first-order valence-corrected chi connectivity index (χ1v) is 4.53. The Morgan fingerprint density at radius 1 is 1.31 bits per heavy atom. The van der Waals surface area contributed by atoms with E-state index in [1.807, 2.05) is 0 Å². The maximum absolute atomic E-state index is 10.7. The van der Waals surface area contributed by atoms with Crippen LogP contribution in [0.2, 0.25) is 0 Å². The zero-order valence-electron chi connectivity index (χ0n) is 7.51. The van der Waals surface area contributed by atoms with Crippen LogP contribution in [0.5, 0.6) is 0 Å². The van der Waals surface area contributed by atoms with Gasteiger partial charge in [-0.05, 0) is 19.3 Å². The summed E-state index contributed by atoms with van der Waals surface area (Å²) in [6.45, 7) is 0. The van der Waals surface area contributed by atoms with Crippen molar-refractivity contribution in [2.24, 2.45) is 0 Å². The smallest absolute Gasteiger partial charge is 0.313 e. The lowest BCUT2D eigenvalue weighted by Gasteiger charge is -1.95. The maximum Gasteiger partial charge on any atom is 0.323 e. The molecule has 72 valence electrons. The van der Waals surface area contributed by atoms with Crippen molar-refractivity contribution in [1.29, 1.82) is 0 Å². The minimum absolute atomic E-state index is 0.150. The van der Waals surface area contributed by atoms with Gasteiger partial charge in [-0.15, -0.1) is 0 Å². The maximum atomic E-state index is 10.7. The summed E-state index contributed by atoms with van der Waals surface area (Å²) in [4.78, 5) is 25.9. The number of imidazole rings is 1. The Morgan fingerprint density at radius 3 is 2.77 bits per heavy atom. The first kappa shape index (κ1) is 9.77. The molecular weight excluding hydrogens is 168 g/mol. The highest BCUT2D eigenvalue weighted by Crippen LogP contribution is 2.02. The van der Waals surface area contributed by atoms with Crippen LogP contribution in [-0.2, 0) is 11.2 Å². The van der Waals surface area contributed by atoms with Crippen molar-refractivity contribution in [3.05, 3.63) is 22.4 Å². The average molecular weight is 182 g/mol. The van der Waals surface area contributed by atoms with Crippen molar-refractivity contribution in [2.75, 3.05) is 0 Å². The second-order valence-corrected chi connectivity index (χ2v) is 3.03. The largest absolute Gasteiger partial charge is 0.323 e. The second-order valence-electron chi connectivity index (χ2n) is 3.03. The molecule has 0 unspecified atom stereocenters. The van der Waals surface area contributed by atoms with E-state index in [1.54, 1.807) is 6.20 Å². The molecule has 0 aliphatic heterocycles. The molecule has 0 bridgehead atoms. The molecule has 0 saturated carbocycles. The normalized spacial score (nSPS) is 10.2. The number of aldehydes is 1. The van der Waals surface area contributed by atoms with E-state index in [2.05, 4.69) is 9.97 Å². The molecule has 0 aliphatic carbocycles. The fourth-order valence-electron chi connectivity index (χ4n) is 1.23. The molecule has 0 spiro atoms. The van der Waals surface area contributed by atoms with Crippen molar-refractivity contribution in [2.45, 2.75) is 32.1 Å². The van der Waals surface area contributed by atoms with Gasteiger partial charge >= 0.3 is 5.69 Å². The van der Waals surface area contributed by atoms with Crippen LogP contribution in [0, 0.1) is 0 Å². The lowest BCUT2D eigenvalue weighted by atomic mass is 10.1. The molecule has 0 atom stereocenters. The number of aromatic amines is 2. The lowest BCUT2D eigenvalue weighted by molar-refractivity contribution is -0.107. The van der Waals surface area contributed by atoms with Crippen LogP contribution >= 0.6 is 0 Å². The highest BCUT2D eigenvalue weighted by atomic mass is 16.1. The Kier molecular flexibility index (Phi) is 4.02. The van der Waals surface area contributed by atoms with E-state index in [0.29, 0.717) is 6.42 Å². The predicted octanol–water partition coefficient (Wildman–Crippen LogP) is 1.00. The first-order chi connectivity index (χ1) is 6.33. The number of hydrogen-bond acceptors (Lipinski definition) is 2. The number of H-pyrrole nitrogens is 2. The first-order valence-electron chi connectivity index (χ1n) is 4.53. The summed E-state index contributed by atoms with van der Waals surface area (Å²) in [6, 6.07) is 0. The molecule has 1 aromatic rings. The molecule has 1 rings (SSSR count). The molecule has 0 amide bonds. The Labute approximate surface area is 76.4 Å². The van der Waals surface area contributed by atoms with Crippen LogP contribution in [0.15, 0.2) is 11.0 Å². The molecule has 1 aromatic heterocycles. The Hall–Kier alpha value is -1.32. The summed E-state index contributed by atoms with van der Waals surface area (Å²) in [7, 11) is 0. The number of carbonyl (C=O) groups is 1. The van der Waals surface area contributed by atoms with Crippen LogP contribution in [0.1, 0.15) is 31.4 Å². The van der Waals surface area contributed by atoms with Gasteiger partial charge in [0, 0.05) is 18.3 Å². The highest BCUT2D eigenvalue weighted by Gasteiger charge is 1.95. The van der Waals surface area contributed by atoms with Crippen LogP contribution < -0.4 is 5.69 Å². The monoisotopic (exact) mass is 182 g/mol. The molecule has 0 aromatic carbocycles. The molecule has 0 fully saturated rings. The summed E-state index contributed by atoms with van der Waals surface area (Å²) < 4.78 is 0. The molecular formula is C9H14N2O2. The summed E-state index contributed by atoms with van der Waals surface area (Å²) in [5.41, 5.74) is 0.791. The summed E-state index contributed by atoms with van der Waals surface area (Å²) in [5, 5.41) is 0. The van der Waals surface area contributed by atoms with Crippen molar-refractivity contribution in [3.8, 4) is 0 Å². The second kappa shape index (κ2) is 5.35. The average Bonchev–Trinajstić information content (AvgIpc) is 2.51. The van der Waals surface area contributed by atoms with Gasteiger partial charge in [0.15, 0.2) is 0 Å². The number of aromatic nitrogens is 2. The number of unbranched alkanes of at least 4 members (excludes halogenated alkanes) is 3.